The number of rotatable bonds is 4. The fraction of sp³-hybridized carbons (Fsp3) is 0.167. The minimum Gasteiger partial charge on any atom is -0.488 e. The number of hydrogen-bond acceptors (Lipinski definition) is 3. The maximum Gasteiger partial charge on any atom is 0.127 e. The molecule has 0 saturated carbocycles. The highest BCUT2D eigenvalue weighted by Crippen LogP contribution is 2.25. The molecule has 0 aliphatic rings. The quantitative estimate of drug-likeness (QED) is 0.793. The number of para-hydroxylation sites is 2. The molecule has 1 heterocycles. The Morgan fingerprint density at radius 1 is 1.00 bits per heavy atom. The summed E-state index contributed by atoms with van der Waals surface area (Å²) in [4.78, 5) is 4.37. The minimum atomic E-state index is 0.480. The zero-order valence-electron chi connectivity index (χ0n) is 12.0. The number of pyridine rings is 1. The Hall–Kier alpha value is -2.39. The SMILES string of the molecule is Cc1cccc(CN)c1OCc1ccnc2ccccc12. The molecule has 0 unspecified atom stereocenters. The first-order valence-electron chi connectivity index (χ1n) is 7.03. The number of aromatic nitrogens is 1. The molecule has 2 N–H and O–H groups in total. The van der Waals surface area contributed by atoms with Crippen LogP contribution in [-0.2, 0) is 13.2 Å². The second kappa shape index (κ2) is 5.94. The van der Waals surface area contributed by atoms with E-state index in [1.807, 2.05) is 55.6 Å². The number of aryl methyl sites for hydroxylation is 1. The molecule has 3 aromatic rings. The zero-order valence-corrected chi connectivity index (χ0v) is 12.0. The van der Waals surface area contributed by atoms with Crippen LogP contribution in [0.4, 0.5) is 0 Å². The van der Waals surface area contributed by atoms with Gasteiger partial charge >= 0.3 is 0 Å². The van der Waals surface area contributed by atoms with Gasteiger partial charge in [-0.1, -0.05) is 36.4 Å². The van der Waals surface area contributed by atoms with Crippen molar-refractivity contribution in [3.63, 3.8) is 0 Å². The predicted molar refractivity (Wildman–Crippen MR) is 85.1 cm³/mol. The Morgan fingerprint density at radius 3 is 2.71 bits per heavy atom. The van der Waals surface area contributed by atoms with Crippen molar-refractivity contribution < 1.29 is 4.74 Å². The van der Waals surface area contributed by atoms with Gasteiger partial charge in [0, 0.05) is 29.3 Å². The largest absolute Gasteiger partial charge is 0.488 e. The van der Waals surface area contributed by atoms with Crippen molar-refractivity contribution in [2.45, 2.75) is 20.1 Å². The number of ether oxygens (including phenoxy) is 1. The van der Waals surface area contributed by atoms with E-state index in [0.717, 1.165) is 33.3 Å². The molecule has 3 heteroatoms. The molecule has 0 amide bonds. The molecule has 2 aromatic carbocycles. The maximum absolute atomic E-state index is 6.05. The first-order valence-corrected chi connectivity index (χ1v) is 7.03. The van der Waals surface area contributed by atoms with Gasteiger partial charge in [0.25, 0.3) is 0 Å². The van der Waals surface area contributed by atoms with Gasteiger partial charge in [-0.2, -0.15) is 0 Å². The van der Waals surface area contributed by atoms with Gasteiger partial charge in [-0.15, -0.1) is 0 Å². The Morgan fingerprint density at radius 2 is 1.86 bits per heavy atom. The third kappa shape index (κ3) is 2.73. The van der Waals surface area contributed by atoms with Crippen molar-refractivity contribution in [2.24, 2.45) is 5.73 Å². The van der Waals surface area contributed by atoms with E-state index in [-0.39, 0.29) is 0 Å². The second-order valence-electron chi connectivity index (χ2n) is 5.04. The second-order valence-corrected chi connectivity index (χ2v) is 5.04. The van der Waals surface area contributed by atoms with E-state index in [1.54, 1.807) is 0 Å². The van der Waals surface area contributed by atoms with Crippen molar-refractivity contribution in [3.05, 3.63) is 71.4 Å². The Labute approximate surface area is 124 Å². The summed E-state index contributed by atoms with van der Waals surface area (Å²) in [5, 5.41) is 1.13. The van der Waals surface area contributed by atoms with Crippen molar-refractivity contribution >= 4 is 10.9 Å². The fourth-order valence-corrected chi connectivity index (χ4v) is 2.51. The molecule has 0 aliphatic carbocycles. The summed E-state index contributed by atoms with van der Waals surface area (Å²) >= 11 is 0. The van der Waals surface area contributed by atoms with E-state index in [2.05, 4.69) is 11.1 Å². The molecule has 3 rings (SSSR count). The van der Waals surface area contributed by atoms with E-state index in [1.165, 1.54) is 0 Å². The molecule has 21 heavy (non-hydrogen) atoms. The highest BCUT2D eigenvalue weighted by atomic mass is 16.5. The summed E-state index contributed by atoms with van der Waals surface area (Å²) < 4.78 is 6.05. The molecule has 0 spiro atoms. The predicted octanol–water partition coefficient (Wildman–Crippen LogP) is 3.58. The van der Waals surface area contributed by atoms with Gasteiger partial charge in [-0.25, -0.2) is 0 Å². The highest BCUT2D eigenvalue weighted by molar-refractivity contribution is 5.81. The molecular weight excluding hydrogens is 260 g/mol. The number of benzene rings is 2. The fourth-order valence-electron chi connectivity index (χ4n) is 2.51. The summed E-state index contributed by atoms with van der Waals surface area (Å²) in [6.45, 7) is 3.04. The summed E-state index contributed by atoms with van der Waals surface area (Å²) in [6.07, 6.45) is 1.82. The van der Waals surface area contributed by atoms with Crippen LogP contribution >= 0.6 is 0 Å². The lowest BCUT2D eigenvalue weighted by Crippen LogP contribution is -2.04. The van der Waals surface area contributed by atoms with Gasteiger partial charge in [-0.05, 0) is 24.6 Å². The Balaban J connectivity index is 1.91. The normalized spacial score (nSPS) is 10.8. The Bertz CT molecular complexity index is 763. The summed E-state index contributed by atoms with van der Waals surface area (Å²) in [7, 11) is 0. The molecule has 0 radical (unpaired) electrons. The summed E-state index contributed by atoms with van der Waals surface area (Å²) in [5.41, 5.74) is 10.1. The topological polar surface area (TPSA) is 48.1 Å². The molecule has 0 atom stereocenters. The average molecular weight is 278 g/mol. The van der Waals surface area contributed by atoms with Crippen molar-refractivity contribution in [1.82, 2.24) is 4.98 Å². The first kappa shape index (κ1) is 13.6. The van der Waals surface area contributed by atoms with Crippen LogP contribution in [0, 0.1) is 6.92 Å². The van der Waals surface area contributed by atoms with Gasteiger partial charge in [0.15, 0.2) is 0 Å². The lowest BCUT2D eigenvalue weighted by Gasteiger charge is -2.14. The van der Waals surface area contributed by atoms with Crippen LogP contribution < -0.4 is 10.5 Å². The lowest BCUT2D eigenvalue weighted by molar-refractivity contribution is 0.302. The zero-order chi connectivity index (χ0) is 14.7. The number of nitrogens with zero attached hydrogens (tertiary/aromatic N) is 1. The minimum absolute atomic E-state index is 0.480. The van der Waals surface area contributed by atoms with Crippen LogP contribution in [0.15, 0.2) is 54.7 Å². The number of fused-ring (bicyclic) bond motifs is 1. The van der Waals surface area contributed by atoms with Gasteiger partial charge in [0.2, 0.25) is 0 Å². The van der Waals surface area contributed by atoms with Crippen LogP contribution in [0.5, 0.6) is 5.75 Å². The van der Waals surface area contributed by atoms with Gasteiger partial charge in [-0.3, -0.25) is 4.98 Å². The lowest BCUT2D eigenvalue weighted by atomic mass is 10.1. The maximum atomic E-state index is 6.05. The van der Waals surface area contributed by atoms with Crippen LogP contribution in [0.2, 0.25) is 0 Å². The first-order chi connectivity index (χ1) is 10.3. The standard InChI is InChI=1S/C18H18N2O/c1-13-5-4-6-14(11-19)18(13)21-12-15-9-10-20-17-8-3-2-7-16(15)17/h2-10H,11-12,19H2,1H3. The molecule has 3 nitrogen and oxygen atoms in total. The van der Waals surface area contributed by atoms with E-state index in [4.69, 9.17) is 10.5 Å². The molecule has 0 aliphatic heterocycles. The summed E-state index contributed by atoms with van der Waals surface area (Å²) in [6, 6.07) is 16.2. The van der Waals surface area contributed by atoms with Crippen LogP contribution in [0.1, 0.15) is 16.7 Å². The Kier molecular flexibility index (Phi) is 3.84. The van der Waals surface area contributed by atoms with Crippen LogP contribution in [0.3, 0.4) is 0 Å². The molecular formula is C18H18N2O. The van der Waals surface area contributed by atoms with E-state index >= 15 is 0 Å². The average Bonchev–Trinajstić information content (AvgIpc) is 2.53. The number of hydrogen-bond donors (Lipinski definition) is 1. The highest BCUT2D eigenvalue weighted by Gasteiger charge is 2.07. The number of nitrogens with two attached hydrogens (primary N) is 1. The van der Waals surface area contributed by atoms with Gasteiger partial charge < -0.3 is 10.5 Å². The molecule has 106 valence electrons. The third-order valence-electron chi connectivity index (χ3n) is 3.62. The van der Waals surface area contributed by atoms with Crippen molar-refractivity contribution in [2.75, 3.05) is 0 Å². The molecule has 0 fully saturated rings. The third-order valence-corrected chi connectivity index (χ3v) is 3.62. The van der Waals surface area contributed by atoms with Crippen LogP contribution in [0.25, 0.3) is 10.9 Å². The van der Waals surface area contributed by atoms with Crippen molar-refractivity contribution in [3.8, 4) is 5.75 Å². The summed E-state index contributed by atoms with van der Waals surface area (Å²) in [5.74, 6) is 0.890. The molecule has 0 bridgehead atoms. The van der Waals surface area contributed by atoms with Crippen LogP contribution in [-0.4, -0.2) is 4.98 Å². The van der Waals surface area contributed by atoms with E-state index in [9.17, 15) is 0 Å². The van der Waals surface area contributed by atoms with Gasteiger partial charge in [0.05, 0.1) is 5.52 Å². The van der Waals surface area contributed by atoms with Crippen molar-refractivity contribution in [1.29, 1.82) is 0 Å². The van der Waals surface area contributed by atoms with E-state index in [0.29, 0.717) is 13.2 Å². The molecule has 0 saturated heterocycles. The van der Waals surface area contributed by atoms with Gasteiger partial charge in [0.1, 0.15) is 12.4 Å². The monoisotopic (exact) mass is 278 g/mol. The molecule has 1 aromatic heterocycles. The van der Waals surface area contributed by atoms with E-state index < -0.39 is 0 Å². The smallest absolute Gasteiger partial charge is 0.127 e.